The van der Waals surface area contributed by atoms with Crippen LogP contribution in [0, 0.1) is 0 Å². The van der Waals surface area contributed by atoms with Crippen molar-refractivity contribution in [3.63, 3.8) is 0 Å². The Kier molecular flexibility index (Phi) is 4.73. The van der Waals surface area contributed by atoms with Gasteiger partial charge in [0.2, 0.25) is 5.13 Å². The molecule has 0 spiro atoms. The van der Waals surface area contributed by atoms with Gasteiger partial charge in [-0.2, -0.15) is 4.37 Å². The number of aryl methyl sites for hydroxylation is 1. The molecule has 20 heavy (non-hydrogen) atoms. The summed E-state index contributed by atoms with van der Waals surface area (Å²) in [5.41, 5.74) is 7.88. The molecule has 1 aromatic carbocycles. The molecule has 5 heteroatoms. The first-order valence-electron chi connectivity index (χ1n) is 6.89. The van der Waals surface area contributed by atoms with Gasteiger partial charge in [0.25, 0.3) is 0 Å². The van der Waals surface area contributed by atoms with Crippen molar-refractivity contribution in [3.8, 4) is 0 Å². The first-order valence-corrected chi connectivity index (χ1v) is 7.66. The molecule has 0 amide bonds. The van der Waals surface area contributed by atoms with Crippen molar-refractivity contribution in [2.24, 2.45) is 5.73 Å². The van der Waals surface area contributed by atoms with E-state index in [0.717, 1.165) is 36.0 Å². The molecule has 4 nitrogen and oxygen atoms in total. The lowest BCUT2D eigenvalue weighted by molar-refractivity contribution is 0.555. The molecule has 0 saturated heterocycles. The largest absolute Gasteiger partial charge is 0.330 e. The van der Waals surface area contributed by atoms with E-state index < -0.39 is 0 Å². The normalized spacial score (nSPS) is 11.6. The highest BCUT2D eigenvalue weighted by Gasteiger charge is 2.19. The molecule has 0 aliphatic rings. The van der Waals surface area contributed by atoms with E-state index >= 15 is 0 Å². The second-order valence-electron chi connectivity index (χ2n) is 5.89. The first-order chi connectivity index (χ1) is 9.49. The fourth-order valence-corrected chi connectivity index (χ4v) is 2.59. The van der Waals surface area contributed by atoms with Crippen molar-refractivity contribution in [3.05, 3.63) is 35.7 Å². The summed E-state index contributed by atoms with van der Waals surface area (Å²) in [5, 5.41) is 4.17. The zero-order valence-electron chi connectivity index (χ0n) is 12.3. The fraction of sp³-hybridized carbons (Fsp3) is 0.467. The third-order valence-electron chi connectivity index (χ3n) is 2.94. The highest BCUT2D eigenvalue weighted by molar-refractivity contribution is 7.09. The molecule has 0 saturated carbocycles. The summed E-state index contributed by atoms with van der Waals surface area (Å²) in [4.78, 5) is 4.54. The van der Waals surface area contributed by atoms with Crippen molar-refractivity contribution in [1.82, 2.24) is 9.36 Å². The summed E-state index contributed by atoms with van der Waals surface area (Å²) >= 11 is 1.40. The van der Waals surface area contributed by atoms with Crippen LogP contribution in [0.1, 0.15) is 38.6 Å². The number of hydrogen-bond donors (Lipinski definition) is 2. The summed E-state index contributed by atoms with van der Waals surface area (Å²) in [6, 6.07) is 8.37. The number of nitrogens with zero attached hydrogens (tertiary/aromatic N) is 2. The van der Waals surface area contributed by atoms with Crippen molar-refractivity contribution >= 4 is 22.4 Å². The van der Waals surface area contributed by atoms with Crippen LogP contribution < -0.4 is 11.1 Å². The molecule has 3 N–H and O–H groups in total. The molecule has 108 valence electrons. The zero-order valence-corrected chi connectivity index (χ0v) is 13.1. The Labute approximate surface area is 124 Å². The highest BCUT2D eigenvalue weighted by atomic mass is 32.1. The molecule has 0 unspecified atom stereocenters. The van der Waals surface area contributed by atoms with Crippen molar-refractivity contribution in [2.45, 2.75) is 39.0 Å². The van der Waals surface area contributed by atoms with E-state index in [-0.39, 0.29) is 5.41 Å². The van der Waals surface area contributed by atoms with Crippen LogP contribution in [-0.2, 0) is 11.8 Å². The van der Waals surface area contributed by atoms with E-state index in [2.05, 4.69) is 53.6 Å². The minimum absolute atomic E-state index is 0.0145. The molecule has 0 radical (unpaired) electrons. The van der Waals surface area contributed by atoms with Gasteiger partial charge in [-0.05, 0) is 37.1 Å². The van der Waals surface area contributed by atoms with Gasteiger partial charge in [0.1, 0.15) is 5.82 Å². The lowest BCUT2D eigenvalue weighted by Crippen LogP contribution is -2.13. The van der Waals surface area contributed by atoms with Crippen LogP contribution in [-0.4, -0.2) is 15.9 Å². The monoisotopic (exact) mass is 290 g/mol. The average Bonchev–Trinajstić information content (AvgIpc) is 2.85. The van der Waals surface area contributed by atoms with E-state index in [0.29, 0.717) is 0 Å². The molecule has 0 aliphatic heterocycles. The lowest BCUT2D eigenvalue weighted by atomic mass is 9.96. The van der Waals surface area contributed by atoms with Gasteiger partial charge < -0.3 is 11.1 Å². The standard InChI is InChI=1S/C15H22N4S/c1-15(2,3)13-18-14(20-19-13)17-12-8-4-6-11(10-12)7-5-9-16/h4,6,8,10H,5,7,9,16H2,1-3H3,(H,17,18,19). The summed E-state index contributed by atoms with van der Waals surface area (Å²) in [6.45, 7) is 7.08. The van der Waals surface area contributed by atoms with Gasteiger partial charge in [0.05, 0.1) is 0 Å². The number of hydrogen-bond acceptors (Lipinski definition) is 5. The minimum atomic E-state index is -0.0145. The Morgan fingerprint density at radius 1 is 1.30 bits per heavy atom. The summed E-state index contributed by atoms with van der Waals surface area (Å²) in [5.74, 6) is 0.879. The predicted molar refractivity (Wildman–Crippen MR) is 85.7 cm³/mol. The van der Waals surface area contributed by atoms with Gasteiger partial charge >= 0.3 is 0 Å². The summed E-state index contributed by atoms with van der Waals surface area (Å²) in [6.07, 6.45) is 2.02. The molecule has 0 atom stereocenters. The topological polar surface area (TPSA) is 63.8 Å². The maximum Gasteiger partial charge on any atom is 0.207 e. The van der Waals surface area contributed by atoms with Crippen molar-refractivity contribution < 1.29 is 0 Å². The summed E-state index contributed by atoms with van der Waals surface area (Å²) < 4.78 is 4.41. The fourth-order valence-electron chi connectivity index (χ4n) is 1.81. The predicted octanol–water partition coefficient (Wildman–Crippen LogP) is 3.47. The van der Waals surface area contributed by atoms with Gasteiger partial charge in [-0.25, -0.2) is 4.98 Å². The van der Waals surface area contributed by atoms with Crippen LogP contribution in [0.3, 0.4) is 0 Å². The Morgan fingerprint density at radius 2 is 2.10 bits per heavy atom. The molecule has 0 fully saturated rings. The maximum absolute atomic E-state index is 5.55. The minimum Gasteiger partial charge on any atom is -0.330 e. The molecule has 1 heterocycles. The molecular formula is C15H22N4S. The van der Waals surface area contributed by atoms with Crippen LogP contribution in [0.2, 0.25) is 0 Å². The van der Waals surface area contributed by atoms with Crippen molar-refractivity contribution in [1.29, 1.82) is 0 Å². The molecule has 0 bridgehead atoms. The molecule has 1 aromatic heterocycles. The van der Waals surface area contributed by atoms with Crippen LogP contribution in [0.4, 0.5) is 10.8 Å². The third-order valence-corrected chi connectivity index (χ3v) is 3.58. The van der Waals surface area contributed by atoms with E-state index in [1.54, 1.807) is 0 Å². The second-order valence-corrected chi connectivity index (χ2v) is 6.64. The molecule has 2 aromatic rings. The van der Waals surface area contributed by atoms with Crippen LogP contribution in [0.5, 0.6) is 0 Å². The first kappa shape index (κ1) is 14.9. The SMILES string of the molecule is CC(C)(C)c1nsc(Nc2cccc(CCCN)c2)n1. The smallest absolute Gasteiger partial charge is 0.207 e. The molecule has 2 rings (SSSR count). The number of nitrogens with one attached hydrogen (secondary N) is 1. The third kappa shape index (κ3) is 4.02. The molecule has 0 aliphatic carbocycles. The second kappa shape index (κ2) is 6.33. The van der Waals surface area contributed by atoms with Crippen LogP contribution >= 0.6 is 11.5 Å². The van der Waals surface area contributed by atoms with Crippen LogP contribution in [0.15, 0.2) is 24.3 Å². The lowest BCUT2D eigenvalue weighted by Gasteiger charge is -2.12. The maximum atomic E-state index is 5.55. The van der Waals surface area contributed by atoms with E-state index in [1.165, 1.54) is 17.1 Å². The average molecular weight is 290 g/mol. The summed E-state index contributed by atoms with van der Waals surface area (Å²) in [7, 11) is 0. The Balaban J connectivity index is 2.08. The van der Waals surface area contributed by atoms with Gasteiger partial charge in [-0.1, -0.05) is 32.9 Å². The van der Waals surface area contributed by atoms with Crippen LogP contribution in [0.25, 0.3) is 0 Å². The number of rotatable bonds is 5. The Hall–Kier alpha value is -1.46. The van der Waals surface area contributed by atoms with E-state index in [1.807, 2.05) is 6.07 Å². The van der Waals surface area contributed by atoms with Gasteiger partial charge in [0.15, 0.2) is 0 Å². The van der Waals surface area contributed by atoms with Gasteiger partial charge in [-0.3, -0.25) is 0 Å². The van der Waals surface area contributed by atoms with E-state index in [4.69, 9.17) is 5.73 Å². The number of aromatic nitrogens is 2. The number of benzene rings is 1. The Morgan fingerprint density at radius 3 is 2.75 bits per heavy atom. The van der Waals surface area contributed by atoms with E-state index in [9.17, 15) is 0 Å². The van der Waals surface area contributed by atoms with Gasteiger partial charge in [0, 0.05) is 22.6 Å². The quantitative estimate of drug-likeness (QED) is 0.885. The number of nitrogens with two attached hydrogens (primary N) is 1. The highest BCUT2D eigenvalue weighted by Crippen LogP contribution is 2.25. The van der Waals surface area contributed by atoms with Gasteiger partial charge in [-0.15, -0.1) is 0 Å². The molecular weight excluding hydrogens is 268 g/mol. The zero-order chi connectivity index (χ0) is 14.6. The van der Waals surface area contributed by atoms with Crippen molar-refractivity contribution in [2.75, 3.05) is 11.9 Å². The Bertz CT molecular complexity index is 557. The number of anilines is 2.